The minimum absolute atomic E-state index is 0.169. The summed E-state index contributed by atoms with van der Waals surface area (Å²) in [7, 11) is 1.59. The van der Waals surface area contributed by atoms with Gasteiger partial charge in [-0.2, -0.15) is 4.99 Å². The fourth-order valence-electron chi connectivity index (χ4n) is 2.67. The molecule has 0 radical (unpaired) electrons. The van der Waals surface area contributed by atoms with Crippen LogP contribution in [0.4, 0.5) is 4.39 Å². The number of esters is 1. The van der Waals surface area contributed by atoms with E-state index in [2.05, 4.69) is 4.99 Å². The number of aromatic nitrogens is 1. The first-order chi connectivity index (χ1) is 13.5. The fourth-order valence-corrected chi connectivity index (χ4v) is 3.77. The molecule has 0 atom stereocenters. The Balaban J connectivity index is 2.08. The second-order valence-electron chi connectivity index (χ2n) is 5.86. The summed E-state index contributed by atoms with van der Waals surface area (Å²) in [6.45, 7) is 2.94. The van der Waals surface area contributed by atoms with Crippen molar-refractivity contribution in [3.05, 3.63) is 64.2 Å². The Hall–Kier alpha value is -2.84. The lowest BCUT2D eigenvalue weighted by Crippen LogP contribution is -2.19. The molecule has 6 nitrogen and oxygen atoms in total. The van der Waals surface area contributed by atoms with Gasteiger partial charge in [-0.25, -0.2) is 9.18 Å². The van der Waals surface area contributed by atoms with E-state index in [1.807, 2.05) is 4.57 Å². The average molecular weight is 402 g/mol. The Morgan fingerprint density at radius 3 is 2.71 bits per heavy atom. The van der Waals surface area contributed by atoms with Gasteiger partial charge in [0, 0.05) is 19.2 Å². The summed E-state index contributed by atoms with van der Waals surface area (Å²) in [6, 6.07) is 10.6. The molecule has 1 amide bonds. The number of carbonyl (C=O) groups is 2. The predicted molar refractivity (Wildman–Crippen MR) is 104 cm³/mol. The van der Waals surface area contributed by atoms with E-state index in [0.717, 1.165) is 16.3 Å². The van der Waals surface area contributed by atoms with E-state index in [9.17, 15) is 14.0 Å². The van der Waals surface area contributed by atoms with Crippen molar-refractivity contribution >= 4 is 33.4 Å². The van der Waals surface area contributed by atoms with Crippen LogP contribution in [0.25, 0.3) is 10.2 Å². The molecule has 0 fully saturated rings. The van der Waals surface area contributed by atoms with Crippen LogP contribution in [0, 0.1) is 5.82 Å². The summed E-state index contributed by atoms with van der Waals surface area (Å²) in [6.07, 6.45) is 0. The lowest BCUT2D eigenvalue weighted by Gasteiger charge is -2.05. The van der Waals surface area contributed by atoms with Crippen LogP contribution in [-0.2, 0) is 16.0 Å². The topological polar surface area (TPSA) is 69.9 Å². The van der Waals surface area contributed by atoms with Gasteiger partial charge in [0.25, 0.3) is 5.91 Å². The van der Waals surface area contributed by atoms with Crippen LogP contribution >= 0.6 is 11.3 Å². The van der Waals surface area contributed by atoms with Crippen LogP contribution in [0.15, 0.2) is 47.5 Å². The number of hydrogen-bond donors (Lipinski definition) is 0. The minimum Gasteiger partial charge on any atom is -0.462 e. The van der Waals surface area contributed by atoms with Crippen molar-refractivity contribution in [3.63, 3.8) is 0 Å². The van der Waals surface area contributed by atoms with Crippen molar-refractivity contribution < 1.29 is 23.5 Å². The SMILES string of the molecule is CCOC(=O)c1ccc2c(c1)sc(=NC(=O)c1cccc(F)c1)n2CCOC. The second kappa shape index (κ2) is 8.90. The minimum atomic E-state index is -0.539. The highest BCUT2D eigenvalue weighted by Crippen LogP contribution is 2.20. The van der Waals surface area contributed by atoms with Crippen LogP contribution in [0.1, 0.15) is 27.6 Å². The molecule has 0 aliphatic heterocycles. The van der Waals surface area contributed by atoms with Gasteiger partial charge in [-0.05, 0) is 43.3 Å². The molecular weight excluding hydrogens is 383 g/mol. The van der Waals surface area contributed by atoms with Crippen molar-refractivity contribution in [2.75, 3.05) is 20.3 Å². The number of methoxy groups -OCH3 is 1. The first kappa shape index (κ1) is 19.9. The van der Waals surface area contributed by atoms with Crippen molar-refractivity contribution in [1.29, 1.82) is 0 Å². The zero-order valence-corrected chi connectivity index (χ0v) is 16.3. The smallest absolute Gasteiger partial charge is 0.338 e. The van der Waals surface area contributed by atoms with Crippen molar-refractivity contribution in [2.24, 2.45) is 4.99 Å². The molecule has 8 heteroatoms. The maximum absolute atomic E-state index is 13.4. The van der Waals surface area contributed by atoms with E-state index in [1.165, 1.54) is 29.5 Å². The van der Waals surface area contributed by atoms with Crippen molar-refractivity contribution in [3.8, 4) is 0 Å². The van der Waals surface area contributed by atoms with Gasteiger partial charge in [0.2, 0.25) is 0 Å². The van der Waals surface area contributed by atoms with Crippen LogP contribution in [0.3, 0.4) is 0 Å². The molecule has 2 aromatic carbocycles. The van der Waals surface area contributed by atoms with Gasteiger partial charge < -0.3 is 14.0 Å². The molecule has 0 N–H and O–H groups in total. The molecule has 0 saturated heterocycles. The van der Waals surface area contributed by atoms with Crippen molar-refractivity contribution in [2.45, 2.75) is 13.5 Å². The third kappa shape index (κ3) is 4.35. The van der Waals surface area contributed by atoms with E-state index in [0.29, 0.717) is 23.5 Å². The molecule has 0 aliphatic rings. The van der Waals surface area contributed by atoms with Gasteiger partial charge in [0.1, 0.15) is 5.82 Å². The first-order valence-corrected chi connectivity index (χ1v) is 9.49. The Kier molecular flexibility index (Phi) is 6.33. The normalized spacial score (nSPS) is 11.8. The number of halogens is 1. The van der Waals surface area contributed by atoms with E-state index in [4.69, 9.17) is 9.47 Å². The highest BCUT2D eigenvalue weighted by Gasteiger charge is 2.13. The molecule has 0 aliphatic carbocycles. The van der Waals surface area contributed by atoms with Crippen LogP contribution in [0.5, 0.6) is 0 Å². The van der Waals surface area contributed by atoms with Crippen molar-refractivity contribution in [1.82, 2.24) is 4.57 Å². The summed E-state index contributed by atoms with van der Waals surface area (Å²) in [4.78, 5) is 29.1. The van der Waals surface area contributed by atoms with Gasteiger partial charge in [-0.15, -0.1) is 0 Å². The molecule has 28 heavy (non-hydrogen) atoms. The monoisotopic (exact) mass is 402 g/mol. The molecule has 3 aromatic rings. The van der Waals surface area contributed by atoms with E-state index < -0.39 is 17.7 Å². The second-order valence-corrected chi connectivity index (χ2v) is 6.87. The molecule has 0 spiro atoms. The molecule has 0 unspecified atom stereocenters. The summed E-state index contributed by atoms with van der Waals surface area (Å²) in [5, 5.41) is 0. The van der Waals surface area contributed by atoms with Gasteiger partial charge in [-0.3, -0.25) is 4.79 Å². The maximum atomic E-state index is 13.4. The predicted octanol–water partition coefficient (Wildman–Crippen LogP) is 3.41. The Morgan fingerprint density at radius 2 is 2.00 bits per heavy atom. The number of nitrogens with zero attached hydrogens (tertiary/aromatic N) is 2. The van der Waals surface area contributed by atoms with E-state index >= 15 is 0 Å². The molecule has 1 aromatic heterocycles. The number of carbonyl (C=O) groups excluding carboxylic acids is 2. The molecule has 1 heterocycles. The summed E-state index contributed by atoms with van der Waals surface area (Å²) < 4.78 is 26.2. The molecule has 3 rings (SSSR count). The number of hydrogen-bond acceptors (Lipinski definition) is 5. The van der Waals surface area contributed by atoms with Crippen LogP contribution < -0.4 is 4.80 Å². The van der Waals surface area contributed by atoms with Crippen LogP contribution in [0.2, 0.25) is 0 Å². The highest BCUT2D eigenvalue weighted by atomic mass is 32.1. The fraction of sp³-hybridized carbons (Fsp3) is 0.250. The standard InChI is InChI=1S/C20H19FN2O4S/c1-3-27-19(25)14-7-8-16-17(12-14)28-20(23(16)9-10-26-2)22-18(24)13-5-4-6-15(21)11-13/h4-8,11-12H,3,9-10H2,1-2H3. The highest BCUT2D eigenvalue weighted by molar-refractivity contribution is 7.16. The molecule has 0 bridgehead atoms. The maximum Gasteiger partial charge on any atom is 0.338 e. The van der Waals surface area contributed by atoms with Gasteiger partial charge in [0.05, 0.1) is 29.0 Å². The number of fused-ring (bicyclic) bond motifs is 1. The number of thiazole rings is 1. The quantitative estimate of drug-likeness (QED) is 0.593. The largest absolute Gasteiger partial charge is 0.462 e. The third-order valence-corrected chi connectivity index (χ3v) is 5.02. The molecule has 146 valence electrons. The van der Waals surface area contributed by atoms with Gasteiger partial charge in [0.15, 0.2) is 4.80 Å². The van der Waals surface area contributed by atoms with E-state index in [1.54, 1.807) is 32.2 Å². The number of benzene rings is 2. The van der Waals surface area contributed by atoms with E-state index in [-0.39, 0.29) is 12.2 Å². The zero-order chi connectivity index (χ0) is 20.1. The Morgan fingerprint density at radius 1 is 1.18 bits per heavy atom. The third-order valence-electron chi connectivity index (χ3n) is 3.98. The number of amides is 1. The summed E-state index contributed by atoms with van der Waals surface area (Å²) in [5.74, 6) is -1.44. The number of rotatable bonds is 6. The Bertz CT molecular complexity index is 1090. The van der Waals surface area contributed by atoms with Gasteiger partial charge >= 0.3 is 5.97 Å². The lowest BCUT2D eigenvalue weighted by atomic mass is 10.2. The lowest BCUT2D eigenvalue weighted by molar-refractivity contribution is 0.0526. The molecular formula is C20H19FN2O4S. The average Bonchev–Trinajstić information content (AvgIpc) is 3.02. The number of ether oxygens (including phenoxy) is 2. The van der Waals surface area contributed by atoms with Gasteiger partial charge in [-0.1, -0.05) is 17.4 Å². The zero-order valence-electron chi connectivity index (χ0n) is 15.5. The summed E-state index contributed by atoms with van der Waals surface area (Å²) in [5.41, 5.74) is 1.42. The Labute approximate surface area is 164 Å². The van der Waals surface area contributed by atoms with Crippen LogP contribution in [-0.4, -0.2) is 36.8 Å². The summed E-state index contributed by atoms with van der Waals surface area (Å²) >= 11 is 1.27. The molecule has 0 saturated carbocycles. The first-order valence-electron chi connectivity index (χ1n) is 8.67.